The van der Waals surface area contributed by atoms with Gasteiger partial charge in [-0.25, -0.2) is 8.42 Å². The molecule has 1 saturated carbocycles. The van der Waals surface area contributed by atoms with Crippen molar-refractivity contribution in [2.75, 3.05) is 19.6 Å². The average Bonchev–Trinajstić information content (AvgIpc) is 3.48. The summed E-state index contributed by atoms with van der Waals surface area (Å²) in [7, 11) is -3.45. The van der Waals surface area contributed by atoms with Gasteiger partial charge in [0.05, 0.1) is 4.90 Å². The lowest BCUT2D eigenvalue weighted by Crippen LogP contribution is -2.54. The van der Waals surface area contributed by atoms with Crippen LogP contribution in [-0.2, 0) is 10.0 Å². The summed E-state index contributed by atoms with van der Waals surface area (Å²) in [6, 6.07) is 13.9. The Hall–Kier alpha value is -1.76. The van der Waals surface area contributed by atoms with Crippen molar-refractivity contribution in [3.05, 3.63) is 60.4 Å². The summed E-state index contributed by atoms with van der Waals surface area (Å²) in [5, 5.41) is 0. The van der Waals surface area contributed by atoms with Crippen molar-refractivity contribution in [2.24, 2.45) is 5.92 Å². The summed E-state index contributed by atoms with van der Waals surface area (Å²) in [5.41, 5.74) is 1.30. The van der Waals surface area contributed by atoms with Gasteiger partial charge in [-0.1, -0.05) is 12.1 Å². The minimum absolute atomic E-state index is 0.0546. The highest BCUT2D eigenvalue weighted by molar-refractivity contribution is 7.89. The molecule has 1 aliphatic heterocycles. The molecule has 2 unspecified atom stereocenters. The number of aromatic nitrogens is 1. The Morgan fingerprint density at radius 2 is 1.81 bits per heavy atom. The molecule has 4 rings (SSSR count). The zero-order valence-corrected chi connectivity index (χ0v) is 15.8. The van der Waals surface area contributed by atoms with Crippen molar-refractivity contribution < 1.29 is 8.42 Å². The molecule has 2 heterocycles. The number of benzene rings is 1. The summed E-state index contributed by atoms with van der Waals surface area (Å²) in [4.78, 5) is 6.95. The van der Waals surface area contributed by atoms with E-state index in [-0.39, 0.29) is 6.04 Å². The number of pyridine rings is 1. The summed E-state index contributed by atoms with van der Waals surface area (Å²) < 4.78 is 27.6. The molecule has 2 aliphatic rings. The van der Waals surface area contributed by atoms with Crippen molar-refractivity contribution in [1.82, 2.24) is 14.2 Å². The van der Waals surface area contributed by atoms with Crippen LogP contribution in [0.15, 0.2) is 53.7 Å². The molecule has 1 aliphatic carbocycles. The van der Waals surface area contributed by atoms with Crippen molar-refractivity contribution in [3.63, 3.8) is 0 Å². The molecule has 2 fully saturated rings. The fourth-order valence-corrected chi connectivity index (χ4v) is 5.62. The fraction of sp³-hybridized carbons (Fsp3) is 0.450. The van der Waals surface area contributed by atoms with Gasteiger partial charge < -0.3 is 0 Å². The minimum atomic E-state index is -3.45. The molecule has 1 radical (unpaired) electrons. The van der Waals surface area contributed by atoms with E-state index in [0.717, 1.165) is 13.1 Å². The van der Waals surface area contributed by atoms with E-state index in [9.17, 15) is 8.42 Å². The van der Waals surface area contributed by atoms with E-state index in [2.05, 4.69) is 28.1 Å². The van der Waals surface area contributed by atoms with E-state index < -0.39 is 10.0 Å². The third-order valence-corrected chi connectivity index (χ3v) is 7.43. The topological polar surface area (TPSA) is 53.5 Å². The second-order valence-corrected chi connectivity index (χ2v) is 9.15. The third-order valence-electron chi connectivity index (χ3n) is 5.40. The van der Waals surface area contributed by atoms with Crippen LogP contribution < -0.4 is 0 Å². The lowest BCUT2D eigenvalue weighted by Gasteiger charge is -2.42. The maximum absolute atomic E-state index is 13.0. The van der Waals surface area contributed by atoms with Gasteiger partial charge in [0.25, 0.3) is 0 Å². The average molecular weight is 370 g/mol. The zero-order chi connectivity index (χ0) is 18.1. The van der Waals surface area contributed by atoms with E-state index in [1.807, 2.05) is 19.3 Å². The van der Waals surface area contributed by atoms with Crippen LogP contribution in [0.25, 0.3) is 0 Å². The van der Waals surface area contributed by atoms with Crippen LogP contribution in [0.2, 0.25) is 0 Å². The molecule has 1 saturated heterocycles. The molecule has 2 aromatic rings. The van der Waals surface area contributed by atoms with Gasteiger partial charge in [0.15, 0.2) is 0 Å². The third kappa shape index (κ3) is 3.41. The SMILES string of the molecule is CC1CN(C(c2ccncc2)C2CC2)CCN1S(=O)(=O)c1cc[c]cc1. The van der Waals surface area contributed by atoms with Gasteiger partial charge in [-0.05, 0) is 61.6 Å². The predicted octanol–water partition coefficient (Wildman–Crippen LogP) is 2.73. The highest BCUT2D eigenvalue weighted by atomic mass is 32.2. The van der Waals surface area contributed by atoms with E-state index in [4.69, 9.17) is 0 Å². The highest BCUT2D eigenvalue weighted by Crippen LogP contribution is 2.45. The number of hydrogen-bond acceptors (Lipinski definition) is 4. The molecular weight excluding hydrogens is 346 g/mol. The lowest BCUT2D eigenvalue weighted by atomic mass is 10.00. The van der Waals surface area contributed by atoms with E-state index in [1.54, 1.807) is 28.6 Å². The molecule has 137 valence electrons. The van der Waals surface area contributed by atoms with Gasteiger partial charge >= 0.3 is 0 Å². The van der Waals surface area contributed by atoms with Crippen LogP contribution in [0.3, 0.4) is 0 Å². The van der Waals surface area contributed by atoms with Gasteiger partial charge in [-0.3, -0.25) is 9.88 Å². The monoisotopic (exact) mass is 370 g/mol. The fourth-order valence-electron chi connectivity index (χ4n) is 4.01. The Labute approximate surface area is 155 Å². The Balaban J connectivity index is 1.53. The van der Waals surface area contributed by atoms with Crippen LogP contribution in [-0.4, -0.2) is 48.3 Å². The molecule has 0 amide bonds. The van der Waals surface area contributed by atoms with E-state index in [1.165, 1.54) is 18.4 Å². The molecule has 0 N–H and O–H groups in total. The van der Waals surface area contributed by atoms with Gasteiger partial charge in [0, 0.05) is 44.1 Å². The number of piperazine rings is 1. The molecule has 1 aromatic carbocycles. The standard InChI is InChI=1S/C20H24N3O2S/c1-16-15-22(20(17-7-8-17)18-9-11-21-12-10-18)13-14-23(16)26(24,25)19-5-3-2-4-6-19/h3-6,9-12,16-17,20H,7-8,13-15H2,1H3. The largest absolute Gasteiger partial charge is 0.293 e. The predicted molar refractivity (Wildman–Crippen MR) is 99.9 cm³/mol. The molecular formula is C20H24N3O2S. The Morgan fingerprint density at radius 3 is 2.42 bits per heavy atom. The smallest absolute Gasteiger partial charge is 0.243 e. The number of sulfonamides is 1. The van der Waals surface area contributed by atoms with Crippen LogP contribution in [0.1, 0.15) is 31.4 Å². The summed E-state index contributed by atoms with van der Waals surface area (Å²) >= 11 is 0. The van der Waals surface area contributed by atoms with Crippen molar-refractivity contribution >= 4 is 10.0 Å². The van der Waals surface area contributed by atoms with Crippen LogP contribution in [0, 0.1) is 12.0 Å². The molecule has 26 heavy (non-hydrogen) atoms. The highest BCUT2D eigenvalue weighted by Gasteiger charge is 2.41. The van der Waals surface area contributed by atoms with Crippen molar-refractivity contribution in [1.29, 1.82) is 0 Å². The Bertz CT molecular complexity index is 838. The van der Waals surface area contributed by atoms with Crippen LogP contribution in [0.5, 0.6) is 0 Å². The van der Waals surface area contributed by atoms with Gasteiger partial charge in [0.1, 0.15) is 0 Å². The first kappa shape index (κ1) is 17.6. The summed E-state index contributed by atoms with van der Waals surface area (Å²) in [6.45, 7) is 4.04. The van der Waals surface area contributed by atoms with Gasteiger partial charge in [-0.15, -0.1) is 0 Å². The molecule has 0 bridgehead atoms. The number of nitrogens with zero attached hydrogens (tertiary/aromatic N) is 3. The lowest BCUT2D eigenvalue weighted by molar-refractivity contribution is 0.0912. The molecule has 1 aromatic heterocycles. The second kappa shape index (κ2) is 7.10. The van der Waals surface area contributed by atoms with Crippen molar-refractivity contribution in [2.45, 2.75) is 36.7 Å². The molecule has 2 atom stereocenters. The van der Waals surface area contributed by atoms with Gasteiger partial charge in [0.2, 0.25) is 10.0 Å². The maximum Gasteiger partial charge on any atom is 0.243 e. The quantitative estimate of drug-likeness (QED) is 0.812. The summed E-state index contributed by atoms with van der Waals surface area (Å²) in [5.74, 6) is 0.678. The van der Waals surface area contributed by atoms with Crippen LogP contribution >= 0.6 is 0 Å². The second-order valence-electron chi connectivity index (χ2n) is 7.26. The number of hydrogen-bond donors (Lipinski definition) is 0. The van der Waals surface area contributed by atoms with E-state index >= 15 is 0 Å². The Kier molecular flexibility index (Phi) is 4.82. The zero-order valence-electron chi connectivity index (χ0n) is 15.0. The first-order valence-electron chi connectivity index (χ1n) is 9.19. The van der Waals surface area contributed by atoms with Crippen LogP contribution in [0.4, 0.5) is 0 Å². The number of rotatable bonds is 5. The molecule has 5 nitrogen and oxygen atoms in total. The minimum Gasteiger partial charge on any atom is -0.293 e. The Morgan fingerprint density at radius 1 is 1.12 bits per heavy atom. The summed E-state index contributed by atoms with van der Waals surface area (Å²) in [6.07, 6.45) is 6.20. The van der Waals surface area contributed by atoms with E-state index in [0.29, 0.717) is 23.4 Å². The molecule has 0 spiro atoms. The van der Waals surface area contributed by atoms with Gasteiger partial charge in [-0.2, -0.15) is 4.31 Å². The molecule has 6 heteroatoms. The first-order valence-corrected chi connectivity index (χ1v) is 10.6. The first-order chi connectivity index (χ1) is 12.6. The maximum atomic E-state index is 13.0. The normalized spacial score (nSPS) is 23.7. The van der Waals surface area contributed by atoms with Crippen molar-refractivity contribution in [3.8, 4) is 0 Å².